The molecule has 2 aromatic carbocycles. The van der Waals surface area contributed by atoms with Crippen LogP contribution in [0.15, 0.2) is 45.3 Å². The summed E-state index contributed by atoms with van der Waals surface area (Å²) in [6.07, 6.45) is 0. The molecule has 0 saturated heterocycles. The Bertz CT molecular complexity index is 612. The predicted octanol–water partition coefficient (Wildman–Crippen LogP) is 5.32. The lowest BCUT2D eigenvalue weighted by Crippen LogP contribution is -1.97. The molecule has 0 aliphatic carbocycles. The summed E-state index contributed by atoms with van der Waals surface area (Å²) < 4.78 is 7.23. The van der Waals surface area contributed by atoms with Crippen molar-refractivity contribution in [3.8, 4) is 11.8 Å². The summed E-state index contributed by atoms with van der Waals surface area (Å²) >= 11 is 12.6. The van der Waals surface area contributed by atoms with Crippen LogP contribution < -0.4 is 4.74 Å². The van der Waals surface area contributed by atoms with Gasteiger partial charge in [0.15, 0.2) is 0 Å². The number of nitrogens with zero attached hydrogens (tertiary/aromatic N) is 1. The number of halogens is 3. The van der Waals surface area contributed by atoms with E-state index >= 15 is 0 Å². The lowest BCUT2D eigenvalue weighted by Gasteiger charge is -2.10. The maximum atomic E-state index is 8.87. The van der Waals surface area contributed by atoms with Crippen molar-refractivity contribution in [2.45, 2.75) is 6.61 Å². The van der Waals surface area contributed by atoms with Crippen molar-refractivity contribution < 1.29 is 4.74 Å². The first-order chi connectivity index (χ1) is 9.10. The van der Waals surface area contributed by atoms with Crippen LogP contribution in [0.1, 0.15) is 11.1 Å². The Morgan fingerprint density at radius 3 is 2.21 bits per heavy atom. The van der Waals surface area contributed by atoms with E-state index in [2.05, 4.69) is 37.9 Å². The van der Waals surface area contributed by atoms with Gasteiger partial charge in [-0.05, 0) is 61.7 Å². The molecule has 0 atom stereocenters. The van der Waals surface area contributed by atoms with Gasteiger partial charge in [-0.15, -0.1) is 0 Å². The van der Waals surface area contributed by atoms with Crippen molar-refractivity contribution in [1.82, 2.24) is 0 Å². The zero-order valence-electron chi connectivity index (χ0n) is 9.66. The Kier molecular flexibility index (Phi) is 4.87. The minimum Gasteiger partial charge on any atom is -0.487 e. The van der Waals surface area contributed by atoms with E-state index in [1.165, 1.54) is 0 Å². The van der Waals surface area contributed by atoms with Gasteiger partial charge in [0.1, 0.15) is 12.4 Å². The number of rotatable bonds is 3. The minimum atomic E-state index is 0.431. The monoisotopic (exact) mass is 399 g/mol. The summed E-state index contributed by atoms with van der Waals surface area (Å²) in [5.74, 6) is 0.675. The summed E-state index contributed by atoms with van der Waals surface area (Å²) in [5.41, 5.74) is 1.59. The number of benzene rings is 2. The van der Waals surface area contributed by atoms with Crippen LogP contribution in [-0.2, 0) is 6.61 Å². The third kappa shape index (κ3) is 3.73. The highest BCUT2D eigenvalue weighted by Crippen LogP contribution is 2.35. The second-order valence-electron chi connectivity index (χ2n) is 3.80. The van der Waals surface area contributed by atoms with Gasteiger partial charge < -0.3 is 4.74 Å². The molecule has 2 aromatic rings. The first-order valence-electron chi connectivity index (χ1n) is 5.36. The molecule has 0 radical (unpaired) electrons. The fourth-order valence-corrected chi connectivity index (χ4v) is 3.04. The van der Waals surface area contributed by atoms with Gasteiger partial charge in [-0.25, -0.2) is 0 Å². The Morgan fingerprint density at radius 1 is 1.11 bits per heavy atom. The topological polar surface area (TPSA) is 33.0 Å². The molecule has 19 heavy (non-hydrogen) atoms. The fourth-order valence-electron chi connectivity index (χ4n) is 1.50. The average Bonchev–Trinajstić information content (AvgIpc) is 2.39. The van der Waals surface area contributed by atoms with Crippen LogP contribution in [0.5, 0.6) is 5.75 Å². The van der Waals surface area contributed by atoms with Gasteiger partial charge >= 0.3 is 0 Å². The minimum absolute atomic E-state index is 0.431. The normalized spacial score (nSPS) is 10.0. The van der Waals surface area contributed by atoms with Crippen molar-refractivity contribution in [2.75, 3.05) is 0 Å². The molecule has 96 valence electrons. The Labute approximate surface area is 133 Å². The number of ether oxygens (including phenoxy) is 1. The highest BCUT2D eigenvalue weighted by Gasteiger charge is 2.09. The van der Waals surface area contributed by atoms with E-state index in [0.29, 0.717) is 22.9 Å². The summed E-state index contributed by atoms with van der Waals surface area (Å²) in [6, 6.07) is 13.0. The van der Waals surface area contributed by atoms with Gasteiger partial charge in [-0.2, -0.15) is 5.26 Å². The smallest absolute Gasteiger partial charge is 0.148 e. The molecule has 0 aromatic heterocycles. The van der Waals surface area contributed by atoms with Crippen LogP contribution in [0.4, 0.5) is 0 Å². The number of nitriles is 1. The van der Waals surface area contributed by atoms with Crippen LogP contribution in [-0.4, -0.2) is 0 Å². The zero-order chi connectivity index (χ0) is 13.8. The second-order valence-corrected chi connectivity index (χ2v) is 5.94. The lowest BCUT2D eigenvalue weighted by atomic mass is 10.2. The third-order valence-corrected chi connectivity index (χ3v) is 3.85. The summed E-state index contributed by atoms with van der Waals surface area (Å²) in [7, 11) is 0. The van der Waals surface area contributed by atoms with E-state index in [0.717, 1.165) is 14.5 Å². The molecular weight excluding hydrogens is 393 g/mol. The SMILES string of the molecule is N#Cc1cc(Br)c(OCc2ccc(Cl)cc2)c(Br)c1. The van der Waals surface area contributed by atoms with Gasteiger partial charge in [-0.1, -0.05) is 23.7 Å². The number of hydrogen-bond donors (Lipinski definition) is 0. The van der Waals surface area contributed by atoms with E-state index in [1.54, 1.807) is 12.1 Å². The fraction of sp³-hybridized carbons (Fsp3) is 0.0714. The molecule has 5 heteroatoms. The molecule has 0 heterocycles. The van der Waals surface area contributed by atoms with Crippen molar-refractivity contribution in [2.24, 2.45) is 0 Å². The van der Waals surface area contributed by atoms with Gasteiger partial charge in [0, 0.05) is 5.02 Å². The summed E-state index contributed by atoms with van der Waals surface area (Å²) in [5, 5.41) is 9.56. The van der Waals surface area contributed by atoms with Gasteiger partial charge in [0.05, 0.1) is 20.6 Å². The predicted molar refractivity (Wildman–Crippen MR) is 82.3 cm³/mol. The van der Waals surface area contributed by atoms with Crippen molar-refractivity contribution in [3.63, 3.8) is 0 Å². The lowest BCUT2D eigenvalue weighted by molar-refractivity contribution is 0.302. The Morgan fingerprint density at radius 2 is 1.68 bits per heavy atom. The van der Waals surface area contributed by atoms with E-state index in [4.69, 9.17) is 21.6 Å². The summed E-state index contributed by atoms with van der Waals surface area (Å²) in [4.78, 5) is 0. The van der Waals surface area contributed by atoms with Crippen LogP contribution in [0, 0.1) is 11.3 Å². The van der Waals surface area contributed by atoms with Crippen molar-refractivity contribution >= 4 is 43.5 Å². The molecule has 0 fully saturated rings. The Hall–Kier alpha value is -1.02. The molecule has 0 aliphatic rings. The zero-order valence-corrected chi connectivity index (χ0v) is 13.6. The maximum Gasteiger partial charge on any atom is 0.148 e. The van der Waals surface area contributed by atoms with Crippen LogP contribution in [0.2, 0.25) is 5.02 Å². The molecule has 0 aliphatic heterocycles. The molecule has 2 nitrogen and oxygen atoms in total. The summed E-state index contributed by atoms with van der Waals surface area (Å²) in [6.45, 7) is 0.431. The average molecular weight is 401 g/mol. The van der Waals surface area contributed by atoms with Crippen LogP contribution in [0.3, 0.4) is 0 Å². The largest absolute Gasteiger partial charge is 0.487 e. The second kappa shape index (κ2) is 6.42. The third-order valence-electron chi connectivity index (χ3n) is 2.42. The first kappa shape index (κ1) is 14.4. The standard InChI is InChI=1S/C14H8Br2ClNO/c15-12-5-10(7-18)6-13(16)14(12)19-8-9-1-3-11(17)4-2-9/h1-6H,8H2. The highest BCUT2D eigenvalue weighted by molar-refractivity contribution is 9.11. The Balaban J connectivity index is 2.16. The van der Waals surface area contributed by atoms with E-state index in [9.17, 15) is 0 Å². The quantitative estimate of drug-likeness (QED) is 0.698. The van der Waals surface area contributed by atoms with Crippen molar-refractivity contribution in [3.05, 3.63) is 61.5 Å². The van der Waals surface area contributed by atoms with E-state index in [-0.39, 0.29) is 0 Å². The van der Waals surface area contributed by atoms with Gasteiger partial charge in [0.2, 0.25) is 0 Å². The number of hydrogen-bond acceptors (Lipinski definition) is 2. The molecule has 0 unspecified atom stereocenters. The van der Waals surface area contributed by atoms with Gasteiger partial charge in [-0.3, -0.25) is 0 Å². The molecule has 0 N–H and O–H groups in total. The van der Waals surface area contributed by atoms with E-state index in [1.807, 2.05) is 24.3 Å². The molecular formula is C14H8Br2ClNO. The molecule has 2 rings (SSSR count). The molecule has 0 spiro atoms. The van der Waals surface area contributed by atoms with Crippen molar-refractivity contribution in [1.29, 1.82) is 5.26 Å². The maximum absolute atomic E-state index is 8.87. The van der Waals surface area contributed by atoms with Crippen LogP contribution >= 0.6 is 43.5 Å². The molecule has 0 amide bonds. The molecule has 0 saturated carbocycles. The van der Waals surface area contributed by atoms with Crippen LogP contribution in [0.25, 0.3) is 0 Å². The first-order valence-corrected chi connectivity index (χ1v) is 7.33. The van der Waals surface area contributed by atoms with E-state index < -0.39 is 0 Å². The molecule has 0 bridgehead atoms. The highest BCUT2D eigenvalue weighted by atomic mass is 79.9. The van der Waals surface area contributed by atoms with Gasteiger partial charge in [0.25, 0.3) is 0 Å².